The lowest BCUT2D eigenvalue weighted by molar-refractivity contribution is 0.0468. The van der Waals surface area contributed by atoms with E-state index in [1.165, 1.54) is 0 Å². The van der Waals surface area contributed by atoms with Gasteiger partial charge in [0.05, 0.1) is 22.3 Å². The van der Waals surface area contributed by atoms with Crippen LogP contribution >= 0.6 is 0 Å². The number of hydrogen-bond acceptors (Lipinski definition) is 5. The van der Waals surface area contributed by atoms with E-state index in [2.05, 4.69) is 9.97 Å². The Hall–Kier alpha value is -3.48. The lowest BCUT2D eigenvalue weighted by atomic mass is 10.2. The zero-order chi connectivity index (χ0) is 19.0. The van der Waals surface area contributed by atoms with Crippen LogP contribution in [-0.2, 0) is 17.9 Å². The van der Waals surface area contributed by atoms with Gasteiger partial charge in [0, 0.05) is 18.9 Å². The SMILES string of the molecule is CCn1c(=O)c(C)nc2cc(C(=O)OCc3cn4ccccc4n3)ccc21. The number of imidazole rings is 1. The first-order valence-electron chi connectivity index (χ1n) is 8.67. The maximum atomic E-state index is 12.4. The number of ether oxygens (including phenoxy) is 1. The van der Waals surface area contributed by atoms with Crippen molar-refractivity contribution in [1.29, 1.82) is 0 Å². The predicted molar refractivity (Wildman–Crippen MR) is 101 cm³/mol. The predicted octanol–water partition coefficient (Wildman–Crippen LogP) is 2.73. The highest BCUT2D eigenvalue weighted by Crippen LogP contribution is 2.15. The first kappa shape index (κ1) is 17.0. The molecule has 136 valence electrons. The van der Waals surface area contributed by atoms with Gasteiger partial charge in [0.1, 0.15) is 17.9 Å². The first-order valence-corrected chi connectivity index (χ1v) is 8.67. The number of nitrogens with zero attached hydrogens (tertiary/aromatic N) is 4. The Morgan fingerprint density at radius 1 is 1.19 bits per heavy atom. The van der Waals surface area contributed by atoms with Crippen LogP contribution in [0.1, 0.15) is 28.7 Å². The third-order valence-electron chi connectivity index (χ3n) is 4.43. The number of esters is 1. The van der Waals surface area contributed by atoms with E-state index in [-0.39, 0.29) is 12.2 Å². The summed E-state index contributed by atoms with van der Waals surface area (Å²) in [6.07, 6.45) is 3.71. The fourth-order valence-corrected chi connectivity index (χ4v) is 3.09. The Kier molecular flexibility index (Phi) is 4.19. The molecule has 4 rings (SSSR count). The molecule has 27 heavy (non-hydrogen) atoms. The molecular weight excluding hydrogens is 344 g/mol. The van der Waals surface area contributed by atoms with Crippen LogP contribution in [0.2, 0.25) is 0 Å². The summed E-state index contributed by atoms with van der Waals surface area (Å²) in [7, 11) is 0. The van der Waals surface area contributed by atoms with Crippen LogP contribution < -0.4 is 5.56 Å². The fourth-order valence-electron chi connectivity index (χ4n) is 3.09. The molecule has 0 spiro atoms. The van der Waals surface area contributed by atoms with Crippen molar-refractivity contribution in [2.45, 2.75) is 27.0 Å². The monoisotopic (exact) mass is 362 g/mol. The zero-order valence-corrected chi connectivity index (χ0v) is 15.0. The average molecular weight is 362 g/mol. The van der Waals surface area contributed by atoms with Crippen molar-refractivity contribution in [3.05, 3.63) is 76.1 Å². The minimum Gasteiger partial charge on any atom is -0.456 e. The van der Waals surface area contributed by atoms with Gasteiger partial charge in [-0.15, -0.1) is 0 Å². The highest BCUT2D eigenvalue weighted by Gasteiger charge is 2.13. The van der Waals surface area contributed by atoms with Crippen LogP contribution in [0.3, 0.4) is 0 Å². The molecule has 4 aromatic rings. The number of hydrogen-bond donors (Lipinski definition) is 0. The molecule has 0 bridgehead atoms. The third-order valence-corrected chi connectivity index (χ3v) is 4.43. The van der Waals surface area contributed by atoms with Crippen LogP contribution in [0.5, 0.6) is 0 Å². The molecule has 0 aliphatic carbocycles. The van der Waals surface area contributed by atoms with Crippen molar-refractivity contribution in [3.63, 3.8) is 0 Å². The van der Waals surface area contributed by atoms with Crippen molar-refractivity contribution in [1.82, 2.24) is 18.9 Å². The summed E-state index contributed by atoms with van der Waals surface area (Å²) < 4.78 is 8.91. The summed E-state index contributed by atoms with van der Waals surface area (Å²) in [5, 5.41) is 0. The summed E-state index contributed by atoms with van der Waals surface area (Å²) in [6, 6.07) is 10.7. The van der Waals surface area contributed by atoms with E-state index in [9.17, 15) is 9.59 Å². The normalized spacial score (nSPS) is 11.2. The van der Waals surface area contributed by atoms with Crippen LogP contribution in [0.15, 0.2) is 53.6 Å². The molecule has 0 aliphatic rings. The molecule has 0 atom stereocenters. The molecule has 3 heterocycles. The number of benzene rings is 1. The van der Waals surface area contributed by atoms with Gasteiger partial charge >= 0.3 is 5.97 Å². The Bertz CT molecular complexity index is 1190. The largest absolute Gasteiger partial charge is 0.456 e. The molecule has 0 aliphatic heterocycles. The lowest BCUT2D eigenvalue weighted by Gasteiger charge is -2.10. The number of rotatable bonds is 4. The molecule has 0 unspecified atom stereocenters. The van der Waals surface area contributed by atoms with Gasteiger partial charge < -0.3 is 13.7 Å². The summed E-state index contributed by atoms with van der Waals surface area (Å²) in [6.45, 7) is 4.19. The average Bonchev–Trinajstić information content (AvgIpc) is 3.10. The molecule has 1 aromatic carbocycles. The van der Waals surface area contributed by atoms with E-state index in [4.69, 9.17) is 4.74 Å². The molecule has 3 aromatic heterocycles. The summed E-state index contributed by atoms with van der Waals surface area (Å²) in [5.74, 6) is -0.456. The topological polar surface area (TPSA) is 78.5 Å². The second-order valence-electron chi connectivity index (χ2n) is 6.22. The highest BCUT2D eigenvalue weighted by atomic mass is 16.5. The standard InChI is InChI=1S/C20H18N4O3/c1-3-24-17-8-7-14(10-16(17)21-13(2)19(24)25)20(26)27-12-15-11-23-9-5-4-6-18(23)22-15/h4-11H,3,12H2,1-2H3. The Labute approximate surface area is 154 Å². The van der Waals surface area contributed by atoms with Gasteiger partial charge in [0.2, 0.25) is 0 Å². The van der Waals surface area contributed by atoms with E-state index in [1.807, 2.05) is 41.9 Å². The van der Waals surface area contributed by atoms with Crippen LogP contribution in [0, 0.1) is 6.92 Å². The van der Waals surface area contributed by atoms with Gasteiger partial charge in [-0.3, -0.25) is 4.79 Å². The van der Waals surface area contributed by atoms with Crippen molar-refractivity contribution < 1.29 is 9.53 Å². The van der Waals surface area contributed by atoms with Crippen molar-refractivity contribution in [2.75, 3.05) is 0 Å². The minimum atomic E-state index is -0.456. The van der Waals surface area contributed by atoms with E-state index in [0.29, 0.717) is 34.5 Å². The van der Waals surface area contributed by atoms with Crippen molar-refractivity contribution >= 4 is 22.6 Å². The first-order chi connectivity index (χ1) is 13.1. The number of fused-ring (bicyclic) bond motifs is 2. The van der Waals surface area contributed by atoms with Gasteiger partial charge in [0.15, 0.2) is 0 Å². The lowest BCUT2D eigenvalue weighted by Crippen LogP contribution is -2.23. The summed E-state index contributed by atoms with van der Waals surface area (Å²) in [4.78, 5) is 33.3. The number of aromatic nitrogens is 4. The molecule has 7 nitrogen and oxygen atoms in total. The minimum absolute atomic E-state index is 0.0828. The van der Waals surface area contributed by atoms with Gasteiger partial charge in [-0.2, -0.15) is 0 Å². The molecular formula is C20H18N4O3. The number of pyridine rings is 1. The van der Waals surface area contributed by atoms with Gasteiger partial charge in [-0.05, 0) is 44.2 Å². The smallest absolute Gasteiger partial charge is 0.338 e. The second kappa shape index (κ2) is 6.68. The van der Waals surface area contributed by atoms with Gasteiger partial charge in [-0.25, -0.2) is 14.8 Å². The number of aryl methyl sites for hydroxylation is 2. The molecule has 0 saturated carbocycles. The summed E-state index contributed by atoms with van der Waals surface area (Å²) in [5.41, 5.74) is 3.43. The Balaban J connectivity index is 1.58. The van der Waals surface area contributed by atoms with Crippen molar-refractivity contribution in [3.8, 4) is 0 Å². The van der Waals surface area contributed by atoms with E-state index in [0.717, 1.165) is 5.65 Å². The van der Waals surface area contributed by atoms with Gasteiger partial charge in [-0.1, -0.05) is 6.07 Å². The number of carbonyl (C=O) groups is 1. The Morgan fingerprint density at radius 2 is 2.04 bits per heavy atom. The second-order valence-corrected chi connectivity index (χ2v) is 6.22. The van der Waals surface area contributed by atoms with E-state index in [1.54, 1.807) is 29.7 Å². The summed E-state index contributed by atoms with van der Waals surface area (Å²) >= 11 is 0. The molecule has 7 heteroatoms. The zero-order valence-electron chi connectivity index (χ0n) is 15.0. The molecule has 0 radical (unpaired) electrons. The van der Waals surface area contributed by atoms with E-state index >= 15 is 0 Å². The third kappa shape index (κ3) is 3.08. The van der Waals surface area contributed by atoms with Crippen molar-refractivity contribution in [2.24, 2.45) is 0 Å². The molecule has 0 N–H and O–H groups in total. The van der Waals surface area contributed by atoms with Gasteiger partial charge in [0.25, 0.3) is 5.56 Å². The highest BCUT2D eigenvalue weighted by molar-refractivity contribution is 5.93. The van der Waals surface area contributed by atoms with Crippen LogP contribution in [0.25, 0.3) is 16.7 Å². The van der Waals surface area contributed by atoms with E-state index < -0.39 is 5.97 Å². The maximum absolute atomic E-state index is 12.4. The Morgan fingerprint density at radius 3 is 2.81 bits per heavy atom. The maximum Gasteiger partial charge on any atom is 0.338 e. The molecule has 0 saturated heterocycles. The number of carbonyl (C=O) groups excluding carboxylic acids is 1. The quantitative estimate of drug-likeness (QED) is 0.522. The van der Waals surface area contributed by atoms with Crippen LogP contribution in [0.4, 0.5) is 0 Å². The molecule has 0 amide bonds. The fraction of sp³-hybridized carbons (Fsp3) is 0.200. The molecule has 0 fully saturated rings. The van der Waals surface area contributed by atoms with Crippen LogP contribution in [-0.4, -0.2) is 24.9 Å².